The van der Waals surface area contributed by atoms with Gasteiger partial charge in [-0.05, 0) is 175 Å². The molecule has 6 aromatic rings. The van der Waals surface area contributed by atoms with Gasteiger partial charge in [-0.2, -0.15) is 17.1 Å². The standard InChI is InChI=1S/3C22H27N2.4Fe.K.H2N.3S/c3*1-14-10-8-11-15(2)21(14)23-19(6)18(5)20(7)24-22-16(3)12-9-13-17(22)4;;;;;;;;;/h3*8-13H,1-7H3;;;;;;1H2;;;/q3*-1;3*+2;+3;+1;-1;3*-2/b3*19-18-,24-20?;;;;;;;;;. The number of aryl methyl sites for hydroxylation is 12. The van der Waals surface area contributed by atoms with Crippen LogP contribution >= 0.6 is 0 Å². The molecule has 15 heteroatoms. The maximum atomic E-state index is 4.86. The summed E-state index contributed by atoms with van der Waals surface area (Å²) in [5.74, 6) is 0. The largest absolute Gasteiger partial charge is 3.00 e. The third-order valence-corrected chi connectivity index (χ3v) is 13.6. The van der Waals surface area contributed by atoms with E-state index in [-0.39, 0.29) is 166 Å². The van der Waals surface area contributed by atoms with Crippen LogP contribution in [-0.4, -0.2) is 17.1 Å². The first-order valence-electron chi connectivity index (χ1n) is 25.1. The number of hydrogen-bond donors (Lipinski definition) is 0. The molecule has 0 spiro atoms. The molecule has 433 valence electrons. The second kappa shape index (κ2) is 43.3. The molecule has 2 N–H and O–H groups in total. The molecular weight excluding hydrogens is 1250 g/mol. The Hall–Kier alpha value is -2.33. The van der Waals surface area contributed by atoms with Crippen LogP contribution in [0.3, 0.4) is 0 Å². The minimum Gasteiger partial charge on any atom is -2.00 e. The molecule has 6 rings (SSSR count). The number of hydrogen-bond acceptors (Lipinski definition) is 3. The second-order valence-electron chi connectivity index (χ2n) is 19.5. The Balaban J connectivity index is -0.000000247. The van der Waals surface area contributed by atoms with Crippen molar-refractivity contribution in [3.05, 3.63) is 232 Å². The number of nitrogens with zero attached hydrogens (tertiary/aromatic N) is 6. The van der Waals surface area contributed by atoms with Crippen molar-refractivity contribution in [1.82, 2.24) is 0 Å². The summed E-state index contributed by atoms with van der Waals surface area (Å²) in [5, 5.41) is 14.6. The zero-order valence-electron chi connectivity index (χ0n) is 51.8. The van der Waals surface area contributed by atoms with Gasteiger partial charge in [0.1, 0.15) is 0 Å². The van der Waals surface area contributed by atoms with Crippen molar-refractivity contribution < 1.29 is 120 Å². The van der Waals surface area contributed by atoms with Gasteiger partial charge in [-0.15, -0.1) is 17.1 Å². The van der Waals surface area contributed by atoms with Crippen LogP contribution in [0.25, 0.3) is 22.1 Å². The van der Waals surface area contributed by atoms with E-state index < -0.39 is 0 Å². The molecule has 0 saturated heterocycles. The van der Waals surface area contributed by atoms with Gasteiger partial charge in [-0.3, -0.25) is 15.0 Å². The summed E-state index contributed by atoms with van der Waals surface area (Å²) in [4.78, 5) is 14.6. The van der Waals surface area contributed by atoms with Crippen molar-refractivity contribution >= 4 is 91.7 Å². The van der Waals surface area contributed by atoms with E-state index in [1.54, 1.807) is 0 Å². The van der Waals surface area contributed by atoms with Crippen LogP contribution in [0.4, 0.5) is 34.1 Å². The zero-order valence-corrected chi connectivity index (χ0v) is 61.8. The van der Waals surface area contributed by atoms with E-state index >= 15 is 0 Å². The maximum Gasteiger partial charge on any atom is 3.00 e. The normalized spacial score (nSPS) is 11.4. The van der Waals surface area contributed by atoms with Gasteiger partial charge in [0.2, 0.25) is 0 Å². The molecule has 0 aliphatic heterocycles. The molecule has 0 aliphatic rings. The van der Waals surface area contributed by atoms with E-state index in [9.17, 15) is 0 Å². The Labute approximate surface area is 596 Å². The number of aliphatic imine (C=N–C) groups is 3. The Morgan fingerprint density at radius 2 is 0.420 bits per heavy atom. The van der Waals surface area contributed by atoms with Gasteiger partial charge >= 0.3 is 120 Å². The van der Waals surface area contributed by atoms with E-state index in [0.717, 1.165) is 85.1 Å². The average molecular weight is 1330 g/mol. The molecule has 81 heavy (non-hydrogen) atoms. The zero-order chi connectivity index (χ0) is 53.6. The summed E-state index contributed by atoms with van der Waals surface area (Å²) in [6.45, 7) is 43.9. The third-order valence-electron chi connectivity index (χ3n) is 13.6. The van der Waals surface area contributed by atoms with Crippen LogP contribution in [0.15, 0.2) is 158 Å². The summed E-state index contributed by atoms with van der Waals surface area (Å²) < 4.78 is 0. The van der Waals surface area contributed by atoms with Gasteiger partial charge in [0.05, 0.1) is 17.1 Å². The molecule has 0 aliphatic carbocycles. The first-order valence-corrected chi connectivity index (χ1v) is 25.1. The fraction of sp³-hybridized carbons (Fsp3) is 0.318. The SMILES string of the molecule is CC(=Nc1c(C)cccc1C)/C(C)=C(/C)[N-]c1c(C)cccc1C.CC(=Nc1c(C)cccc1C)/C(C)=C(/C)[N-]c1c(C)cccc1C.CC(=Nc1c(C)cccc1C)/C(C)=C(/C)[N-]c1c(C)cccc1C.[Fe+2].[Fe+2].[Fe+2].[Fe+3].[K+].[NH2-].[S-2].[S-2].[S-2]. The van der Waals surface area contributed by atoms with E-state index in [4.69, 9.17) is 30.9 Å². The number of para-hydroxylation sites is 6. The van der Waals surface area contributed by atoms with E-state index in [1.165, 1.54) is 66.8 Å². The molecule has 0 heterocycles. The van der Waals surface area contributed by atoms with E-state index in [2.05, 4.69) is 255 Å². The van der Waals surface area contributed by atoms with Gasteiger partial charge in [0.25, 0.3) is 0 Å². The fourth-order valence-electron chi connectivity index (χ4n) is 8.19. The van der Waals surface area contributed by atoms with Gasteiger partial charge in [-0.25, -0.2) is 0 Å². The van der Waals surface area contributed by atoms with Crippen LogP contribution < -0.4 is 51.4 Å². The summed E-state index contributed by atoms with van der Waals surface area (Å²) in [7, 11) is 0. The minimum atomic E-state index is 0. The number of allylic oxidation sites excluding steroid dienone is 6. The number of nitrogens with two attached hydrogens (primary N) is 1. The topological polar surface area (TPSA) is 113 Å². The van der Waals surface area contributed by atoms with Crippen molar-refractivity contribution in [3.63, 3.8) is 0 Å². The predicted octanol–water partition coefficient (Wildman–Crippen LogP) is 18.7. The Kier molecular flexibility index (Phi) is 48.1. The van der Waals surface area contributed by atoms with Crippen molar-refractivity contribution in [1.29, 1.82) is 0 Å². The Morgan fingerprint density at radius 3 is 0.568 bits per heavy atom. The van der Waals surface area contributed by atoms with Crippen LogP contribution in [-0.2, 0) is 109 Å². The summed E-state index contributed by atoms with van der Waals surface area (Å²) in [6, 6.07) is 37.7. The third kappa shape index (κ3) is 26.5. The van der Waals surface area contributed by atoms with Crippen LogP contribution in [0.5, 0.6) is 0 Å². The molecule has 6 aromatic carbocycles. The molecule has 0 aromatic heterocycles. The second-order valence-corrected chi connectivity index (χ2v) is 19.5. The smallest absolute Gasteiger partial charge is 2.00 e. The molecule has 0 fully saturated rings. The van der Waals surface area contributed by atoms with E-state index in [1.807, 2.05) is 0 Å². The average Bonchev–Trinajstić information content (AvgIpc) is 3.33. The molecule has 0 amide bonds. The van der Waals surface area contributed by atoms with Gasteiger partial charge < -0.3 is 62.6 Å². The van der Waals surface area contributed by atoms with Crippen LogP contribution in [0, 0.1) is 83.1 Å². The van der Waals surface area contributed by atoms with Crippen molar-refractivity contribution in [2.24, 2.45) is 15.0 Å². The molecule has 0 atom stereocenters. The predicted molar refractivity (Wildman–Crippen MR) is 345 cm³/mol. The molecule has 0 saturated carbocycles. The molecule has 7 nitrogen and oxygen atoms in total. The van der Waals surface area contributed by atoms with Crippen molar-refractivity contribution in [2.45, 2.75) is 145 Å². The first-order chi connectivity index (χ1) is 33.9. The van der Waals surface area contributed by atoms with Gasteiger partial charge in [0, 0.05) is 17.1 Å². The molecule has 0 bridgehead atoms. The van der Waals surface area contributed by atoms with Gasteiger partial charge in [-0.1, -0.05) is 163 Å². The maximum absolute atomic E-state index is 4.86. The van der Waals surface area contributed by atoms with Gasteiger partial charge in [0.15, 0.2) is 0 Å². The van der Waals surface area contributed by atoms with Crippen molar-refractivity contribution in [3.8, 4) is 0 Å². The number of benzene rings is 6. The number of rotatable bonds is 12. The molecule has 1 radical (unpaired) electrons. The van der Waals surface area contributed by atoms with Crippen LogP contribution in [0.2, 0.25) is 0 Å². The molecular formula is C66H83Fe4KN7S3. The fourth-order valence-corrected chi connectivity index (χ4v) is 8.19. The Morgan fingerprint density at radius 1 is 0.284 bits per heavy atom. The monoisotopic (exact) mass is 1330 g/mol. The summed E-state index contributed by atoms with van der Waals surface area (Å²) in [6.07, 6.45) is 0. The Bertz CT molecular complexity index is 2690. The quantitative estimate of drug-likeness (QED) is 0.0858. The molecule has 0 unspecified atom stereocenters. The summed E-state index contributed by atoms with van der Waals surface area (Å²) >= 11 is 0. The summed E-state index contributed by atoms with van der Waals surface area (Å²) in [5.41, 5.74) is 30.2. The van der Waals surface area contributed by atoms with Crippen molar-refractivity contribution in [2.75, 3.05) is 0 Å². The minimum absolute atomic E-state index is 0. The van der Waals surface area contributed by atoms with E-state index in [0.29, 0.717) is 0 Å². The first kappa shape index (κ1) is 89.9. The van der Waals surface area contributed by atoms with Crippen LogP contribution in [0.1, 0.15) is 129 Å².